The summed E-state index contributed by atoms with van der Waals surface area (Å²) in [4.78, 5) is 31.4. The summed E-state index contributed by atoms with van der Waals surface area (Å²) in [5.41, 5.74) is 1.94. The lowest BCUT2D eigenvalue weighted by atomic mass is 9.99. The molecule has 2 aliphatic heterocycles. The fourth-order valence-electron chi connectivity index (χ4n) is 4.59. The summed E-state index contributed by atoms with van der Waals surface area (Å²) in [6.45, 7) is 11.6. The molecule has 2 saturated heterocycles. The number of hydrogen-bond acceptors (Lipinski definition) is 3. The first-order chi connectivity index (χ1) is 14.4. The van der Waals surface area contributed by atoms with Crippen molar-refractivity contribution in [3.63, 3.8) is 0 Å². The Morgan fingerprint density at radius 1 is 1.07 bits per heavy atom. The van der Waals surface area contributed by atoms with Gasteiger partial charge >= 0.3 is 6.03 Å². The Balaban J connectivity index is 1.60. The van der Waals surface area contributed by atoms with Gasteiger partial charge in [0.05, 0.1) is 0 Å². The lowest BCUT2D eigenvalue weighted by molar-refractivity contribution is -0.130. The molecule has 0 atom stereocenters. The number of para-hydroxylation sites is 1. The number of benzene rings is 1. The van der Waals surface area contributed by atoms with Crippen molar-refractivity contribution >= 4 is 17.6 Å². The molecule has 0 bridgehead atoms. The van der Waals surface area contributed by atoms with Crippen LogP contribution in [0.4, 0.5) is 10.5 Å². The number of anilines is 1. The maximum Gasteiger partial charge on any atom is 0.322 e. The molecule has 3 rings (SSSR count). The first-order valence-corrected chi connectivity index (χ1v) is 11.5. The van der Waals surface area contributed by atoms with Crippen molar-refractivity contribution in [1.29, 1.82) is 0 Å². The van der Waals surface area contributed by atoms with Gasteiger partial charge < -0.3 is 20.0 Å². The van der Waals surface area contributed by atoms with Crippen LogP contribution in [0.1, 0.15) is 51.5 Å². The van der Waals surface area contributed by atoms with E-state index in [-0.39, 0.29) is 18.0 Å². The van der Waals surface area contributed by atoms with Crippen molar-refractivity contribution in [2.45, 2.75) is 58.9 Å². The van der Waals surface area contributed by atoms with E-state index in [1.54, 1.807) is 6.92 Å². The summed E-state index contributed by atoms with van der Waals surface area (Å²) < 4.78 is 0. The Kier molecular flexibility index (Phi) is 8.14. The minimum atomic E-state index is -0.0159. The third-order valence-electron chi connectivity index (χ3n) is 6.75. The van der Waals surface area contributed by atoms with Crippen LogP contribution >= 0.6 is 0 Å². The predicted molar refractivity (Wildman–Crippen MR) is 122 cm³/mol. The second kappa shape index (κ2) is 10.8. The van der Waals surface area contributed by atoms with Gasteiger partial charge in [-0.3, -0.25) is 4.79 Å². The van der Waals surface area contributed by atoms with E-state index < -0.39 is 0 Å². The number of aryl methyl sites for hydroxylation is 1. The molecule has 1 aromatic carbocycles. The molecule has 0 unspecified atom stereocenters. The topological polar surface area (TPSA) is 55.9 Å². The molecule has 0 aliphatic carbocycles. The highest BCUT2D eigenvalue weighted by molar-refractivity contribution is 5.90. The summed E-state index contributed by atoms with van der Waals surface area (Å²) in [6.07, 6.45) is 5.24. The number of rotatable bonds is 6. The molecule has 6 heteroatoms. The molecule has 0 spiro atoms. The Hall–Kier alpha value is -2.08. The Bertz CT molecular complexity index is 707. The normalized spacial score (nSPS) is 19.0. The van der Waals surface area contributed by atoms with Gasteiger partial charge in [-0.2, -0.15) is 0 Å². The minimum Gasteiger partial charge on any atom is -0.343 e. The summed E-state index contributed by atoms with van der Waals surface area (Å²) in [7, 11) is 0. The van der Waals surface area contributed by atoms with Crippen molar-refractivity contribution in [2.75, 3.05) is 44.6 Å². The molecule has 0 aromatic heterocycles. The first-order valence-electron chi connectivity index (χ1n) is 11.5. The number of nitrogens with one attached hydrogen (secondary N) is 1. The van der Waals surface area contributed by atoms with Crippen LogP contribution in [-0.4, -0.2) is 71.9 Å². The van der Waals surface area contributed by atoms with Gasteiger partial charge in [-0.05, 0) is 76.2 Å². The van der Waals surface area contributed by atoms with E-state index in [2.05, 4.69) is 17.1 Å². The molecule has 0 radical (unpaired) electrons. The van der Waals surface area contributed by atoms with Crippen LogP contribution in [0.15, 0.2) is 24.3 Å². The SMILES string of the molecule is CC(=O)N1CCC(N(CCCN2CCC(C)CC2)C(=O)Nc2ccccc2C)CC1. The first kappa shape index (κ1) is 22.6. The van der Waals surface area contributed by atoms with Gasteiger partial charge in [0.25, 0.3) is 0 Å². The lowest BCUT2D eigenvalue weighted by Gasteiger charge is -2.39. The highest BCUT2D eigenvalue weighted by atomic mass is 16.2. The molecule has 0 saturated carbocycles. The zero-order valence-electron chi connectivity index (χ0n) is 18.9. The zero-order valence-corrected chi connectivity index (χ0v) is 18.9. The predicted octanol–water partition coefficient (Wildman–Crippen LogP) is 3.96. The van der Waals surface area contributed by atoms with Gasteiger partial charge in [-0.1, -0.05) is 25.1 Å². The monoisotopic (exact) mass is 414 g/mol. The van der Waals surface area contributed by atoms with Crippen molar-refractivity contribution in [3.05, 3.63) is 29.8 Å². The smallest absolute Gasteiger partial charge is 0.322 e. The standard InChI is InChI=1S/C24H38N4O2/c1-19-9-15-26(16-10-19)13-6-14-28(22-11-17-27(18-12-22)21(3)29)24(30)25-23-8-5-4-7-20(23)2/h4-5,7-8,19,22H,6,9-18H2,1-3H3,(H,25,30). The van der Waals surface area contributed by atoms with Gasteiger partial charge in [-0.25, -0.2) is 4.79 Å². The minimum absolute atomic E-state index is 0.0159. The zero-order chi connectivity index (χ0) is 21.5. The Morgan fingerprint density at radius 3 is 2.37 bits per heavy atom. The second-order valence-electron chi connectivity index (χ2n) is 9.05. The third-order valence-corrected chi connectivity index (χ3v) is 6.75. The van der Waals surface area contributed by atoms with E-state index in [4.69, 9.17) is 0 Å². The molecule has 2 fully saturated rings. The van der Waals surface area contributed by atoms with Crippen molar-refractivity contribution in [2.24, 2.45) is 5.92 Å². The number of piperidine rings is 2. The second-order valence-corrected chi connectivity index (χ2v) is 9.05. The summed E-state index contributed by atoms with van der Waals surface area (Å²) >= 11 is 0. The molecule has 1 aromatic rings. The number of hydrogen-bond donors (Lipinski definition) is 1. The highest BCUT2D eigenvalue weighted by Crippen LogP contribution is 2.21. The lowest BCUT2D eigenvalue weighted by Crippen LogP contribution is -2.50. The van der Waals surface area contributed by atoms with Gasteiger partial charge in [0, 0.05) is 38.3 Å². The molecule has 6 nitrogen and oxygen atoms in total. The van der Waals surface area contributed by atoms with Crippen LogP contribution in [0.3, 0.4) is 0 Å². The van der Waals surface area contributed by atoms with Crippen LogP contribution in [0.25, 0.3) is 0 Å². The molecule has 2 heterocycles. The molecule has 166 valence electrons. The van der Waals surface area contributed by atoms with Crippen molar-refractivity contribution in [3.8, 4) is 0 Å². The molecular weight excluding hydrogens is 376 g/mol. The third kappa shape index (κ3) is 6.21. The number of urea groups is 1. The average Bonchev–Trinajstić information content (AvgIpc) is 2.74. The average molecular weight is 415 g/mol. The summed E-state index contributed by atoms with van der Waals surface area (Å²) in [5, 5.41) is 3.13. The van der Waals surface area contributed by atoms with Crippen molar-refractivity contribution < 1.29 is 9.59 Å². The fourth-order valence-corrected chi connectivity index (χ4v) is 4.59. The molecule has 2 aliphatic rings. The van der Waals surface area contributed by atoms with Crippen LogP contribution in [0, 0.1) is 12.8 Å². The summed E-state index contributed by atoms with van der Waals surface area (Å²) in [5.74, 6) is 0.966. The molecule has 30 heavy (non-hydrogen) atoms. The van der Waals surface area contributed by atoms with Gasteiger partial charge in [0.15, 0.2) is 0 Å². The van der Waals surface area contributed by atoms with Gasteiger partial charge in [0.1, 0.15) is 0 Å². The van der Waals surface area contributed by atoms with E-state index in [0.717, 1.165) is 62.6 Å². The molecule has 1 N–H and O–H groups in total. The van der Waals surface area contributed by atoms with Crippen molar-refractivity contribution in [1.82, 2.24) is 14.7 Å². The fraction of sp³-hybridized carbons (Fsp3) is 0.667. The summed E-state index contributed by atoms with van der Waals surface area (Å²) in [6, 6.07) is 8.08. The maximum absolute atomic E-state index is 13.2. The van der Waals surface area contributed by atoms with E-state index in [1.807, 2.05) is 41.0 Å². The van der Waals surface area contributed by atoms with Crippen LogP contribution in [0.2, 0.25) is 0 Å². The molecular formula is C24H38N4O2. The van der Waals surface area contributed by atoms with Crippen LogP contribution < -0.4 is 5.32 Å². The van der Waals surface area contributed by atoms with Gasteiger partial charge in [0.2, 0.25) is 5.91 Å². The number of likely N-dealkylation sites (tertiary alicyclic amines) is 2. The quantitative estimate of drug-likeness (QED) is 0.766. The molecule has 3 amide bonds. The van der Waals surface area contributed by atoms with E-state index in [9.17, 15) is 9.59 Å². The van der Waals surface area contributed by atoms with Crippen LogP contribution in [0.5, 0.6) is 0 Å². The maximum atomic E-state index is 13.2. The van der Waals surface area contributed by atoms with Crippen LogP contribution in [-0.2, 0) is 4.79 Å². The number of nitrogens with zero attached hydrogens (tertiary/aromatic N) is 3. The number of amides is 3. The number of carbonyl (C=O) groups excluding carboxylic acids is 2. The van der Waals surface area contributed by atoms with E-state index >= 15 is 0 Å². The largest absolute Gasteiger partial charge is 0.343 e. The Labute approximate surface area is 181 Å². The Morgan fingerprint density at radius 2 is 1.73 bits per heavy atom. The van der Waals surface area contributed by atoms with E-state index in [1.165, 1.54) is 25.9 Å². The van der Waals surface area contributed by atoms with E-state index in [0.29, 0.717) is 0 Å². The van der Waals surface area contributed by atoms with Gasteiger partial charge in [-0.15, -0.1) is 0 Å². The highest BCUT2D eigenvalue weighted by Gasteiger charge is 2.29. The number of carbonyl (C=O) groups is 2.